The van der Waals surface area contributed by atoms with E-state index in [1.165, 1.54) is 0 Å². The topological polar surface area (TPSA) is 59.9 Å². The fourth-order valence-corrected chi connectivity index (χ4v) is 3.12. The Hall–Kier alpha value is -3.60. The Morgan fingerprint density at radius 2 is 1.33 bits per heavy atom. The van der Waals surface area contributed by atoms with Crippen LogP contribution < -0.4 is 10.2 Å². The van der Waals surface area contributed by atoms with Crippen molar-refractivity contribution in [1.29, 1.82) is 0 Å². The van der Waals surface area contributed by atoms with E-state index in [4.69, 9.17) is 9.57 Å². The largest absolute Gasteiger partial charge is 0.437 e. The van der Waals surface area contributed by atoms with Gasteiger partial charge in [-0.05, 0) is 23.3 Å². The molecule has 1 unspecified atom stereocenters. The molecule has 1 N–H and O–H groups in total. The first-order valence-corrected chi connectivity index (χ1v) is 8.69. The molecule has 0 spiro atoms. The molecule has 27 heavy (non-hydrogen) atoms. The third kappa shape index (κ3) is 3.82. The van der Waals surface area contributed by atoms with Crippen molar-refractivity contribution >= 4 is 11.9 Å². The summed E-state index contributed by atoms with van der Waals surface area (Å²) in [5, 5.41) is 6.81. The van der Waals surface area contributed by atoms with Crippen LogP contribution in [-0.4, -0.2) is 18.0 Å². The molecule has 0 aliphatic carbocycles. The molecule has 1 aliphatic rings. The standard InChI is InChI=1S/C22H18N2O3/c25-22-23-21(24-27-18-14-8-3-9-15-18)20(26-22)19(16-10-4-1-5-11-16)17-12-6-2-7-13-17/h1-15,19-20H,(H,23,24,25). The van der Waals surface area contributed by atoms with Gasteiger partial charge in [0.25, 0.3) is 0 Å². The predicted molar refractivity (Wildman–Crippen MR) is 103 cm³/mol. The number of ether oxygens (including phenoxy) is 1. The minimum atomic E-state index is -0.606. The third-order valence-corrected chi connectivity index (χ3v) is 4.35. The van der Waals surface area contributed by atoms with Crippen LogP contribution in [0.4, 0.5) is 4.79 Å². The number of nitrogens with zero attached hydrogens (tertiary/aromatic N) is 1. The van der Waals surface area contributed by atoms with Crippen molar-refractivity contribution in [1.82, 2.24) is 5.32 Å². The SMILES string of the molecule is O=C1N/C(=N\Oc2ccccc2)C(C(c2ccccc2)c2ccccc2)O1. The molecule has 1 aliphatic heterocycles. The minimum Gasteiger partial charge on any atom is -0.437 e. The van der Waals surface area contributed by atoms with Crippen molar-refractivity contribution in [3.8, 4) is 5.75 Å². The highest BCUT2D eigenvalue weighted by atomic mass is 16.6. The van der Waals surface area contributed by atoms with E-state index in [1.807, 2.05) is 78.9 Å². The molecule has 1 heterocycles. The van der Waals surface area contributed by atoms with Gasteiger partial charge in [-0.25, -0.2) is 4.79 Å². The molecule has 1 fully saturated rings. The molecule has 3 aromatic rings. The number of amidine groups is 1. The lowest BCUT2D eigenvalue weighted by Gasteiger charge is -2.22. The molecule has 3 aromatic carbocycles. The molecule has 134 valence electrons. The van der Waals surface area contributed by atoms with Crippen molar-refractivity contribution < 1.29 is 14.4 Å². The van der Waals surface area contributed by atoms with E-state index in [-0.39, 0.29) is 5.92 Å². The lowest BCUT2D eigenvalue weighted by Crippen LogP contribution is -2.31. The number of amides is 1. The molecule has 1 amide bonds. The Morgan fingerprint density at radius 1 is 0.815 bits per heavy atom. The van der Waals surface area contributed by atoms with Crippen LogP contribution in [0, 0.1) is 0 Å². The summed E-state index contributed by atoms with van der Waals surface area (Å²) in [5.74, 6) is 0.729. The van der Waals surface area contributed by atoms with E-state index in [2.05, 4.69) is 10.5 Å². The Morgan fingerprint density at radius 3 is 1.89 bits per heavy atom. The van der Waals surface area contributed by atoms with Crippen LogP contribution in [0.25, 0.3) is 0 Å². The summed E-state index contributed by atoms with van der Waals surface area (Å²) in [6, 6.07) is 29.0. The predicted octanol–water partition coefficient (Wildman–Crippen LogP) is 4.32. The molecule has 1 saturated heterocycles. The highest BCUT2D eigenvalue weighted by Gasteiger charge is 2.39. The number of carbonyl (C=O) groups is 1. The first-order chi connectivity index (χ1) is 13.3. The second-order valence-corrected chi connectivity index (χ2v) is 6.13. The molecule has 1 atom stereocenters. The van der Waals surface area contributed by atoms with Crippen LogP contribution >= 0.6 is 0 Å². The Bertz CT molecular complexity index is 888. The van der Waals surface area contributed by atoms with Crippen molar-refractivity contribution in [2.24, 2.45) is 5.16 Å². The smallest absolute Gasteiger partial charge is 0.413 e. The average molecular weight is 358 g/mol. The van der Waals surface area contributed by atoms with Crippen LogP contribution in [0.2, 0.25) is 0 Å². The normalized spacial score (nSPS) is 17.6. The second-order valence-electron chi connectivity index (χ2n) is 6.13. The number of para-hydroxylation sites is 1. The molecular formula is C22H18N2O3. The molecule has 0 radical (unpaired) electrons. The van der Waals surface area contributed by atoms with Crippen molar-refractivity contribution in [2.45, 2.75) is 12.0 Å². The molecule has 5 nitrogen and oxygen atoms in total. The molecule has 5 heteroatoms. The van der Waals surface area contributed by atoms with Gasteiger partial charge in [0.1, 0.15) is 0 Å². The quantitative estimate of drug-likeness (QED) is 0.691. The first-order valence-electron chi connectivity index (χ1n) is 8.69. The zero-order valence-electron chi connectivity index (χ0n) is 14.5. The summed E-state index contributed by atoms with van der Waals surface area (Å²) < 4.78 is 5.57. The van der Waals surface area contributed by atoms with E-state index >= 15 is 0 Å². The van der Waals surface area contributed by atoms with Gasteiger partial charge in [0.2, 0.25) is 0 Å². The Labute approximate surface area is 157 Å². The zero-order valence-corrected chi connectivity index (χ0v) is 14.5. The van der Waals surface area contributed by atoms with Crippen molar-refractivity contribution in [3.63, 3.8) is 0 Å². The first kappa shape index (κ1) is 16.8. The minimum absolute atomic E-state index is 0.204. The number of carbonyl (C=O) groups excluding carboxylic acids is 1. The van der Waals surface area contributed by atoms with Gasteiger partial charge in [0.05, 0.1) is 5.92 Å². The zero-order chi connectivity index (χ0) is 18.5. The van der Waals surface area contributed by atoms with Crippen molar-refractivity contribution in [3.05, 3.63) is 102 Å². The number of rotatable bonds is 5. The molecule has 0 aromatic heterocycles. The average Bonchev–Trinajstić information content (AvgIpc) is 3.09. The Kier molecular flexibility index (Phi) is 4.83. The van der Waals surface area contributed by atoms with Gasteiger partial charge in [-0.1, -0.05) is 84.0 Å². The fraction of sp³-hybridized carbons (Fsp3) is 0.0909. The van der Waals surface area contributed by atoms with Gasteiger partial charge >= 0.3 is 6.09 Å². The van der Waals surface area contributed by atoms with Gasteiger partial charge in [0, 0.05) is 0 Å². The highest BCUT2D eigenvalue weighted by molar-refractivity contribution is 6.04. The summed E-state index contributed by atoms with van der Waals surface area (Å²) in [6.45, 7) is 0. The molecule has 4 rings (SSSR count). The van der Waals surface area contributed by atoms with Gasteiger partial charge in [0.15, 0.2) is 17.7 Å². The fourth-order valence-electron chi connectivity index (χ4n) is 3.12. The van der Waals surface area contributed by atoms with Crippen LogP contribution in [0.5, 0.6) is 5.75 Å². The molecule has 0 bridgehead atoms. The summed E-state index contributed by atoms with van der Waals surface area (Å²) in [4.78, 5) is 17.5. The number of oxime groups is 1. The molecular weight excluding hydrogens is 340 g/mol. The van der Waals surface area contributed by atoms with E-state index in [0.29, 0.717) is 11.6 Å². The van der Waals surface area contributed by atoms with Gasteiger partial charge < -0.3 is 9.57 Å². The number of hydrogen-bond acceptors (Lipinski definition) is 4. The maximum Gasteiger partial charge on any atom is 0.413 e. The number of alkyl carbamates (subject to hydrolysis) is 1. The number of hydrogen-bond donors (Lipinski definition) is 1. The van der Waals surface area contributed by atoms with E-state index in [1.54, 1.807) is 12.1 Å². The summed E-state index contributed by atoms with van der Waals surface area (Å²) in [6.07, 6.45) is -1.14. The maximum absolute atomic E-state index is 12.0. The summed E-state index contributed by atoms with van der Waals surface area (Å²) >= 11 is 0. The lowest BCUT2D eigenvalue weighted by atomic mass is 9.86. The van der Waals surface area contributed by atoms with Crippen LogP contribution in [0.15, 0.2) is 96.2 Å². The third-order valence-electron chi connectivity index (χ3n) is 4.35. The Balaban J connectivity index is 1.70. The van der Waals surface area contributed by atoms with Gasteiger partial charge in [-0.3, -0.25) is 5.32 Å². The summed E-state index contributed by atoms with van der Waals surface area (Å²) in [7, 11) is 0. The van der Waals surface area contributed by atoms with Crippen LogP contribution in [0.1, 0.15) is 17.0 Å². The summed E-state index contributed by atoms with van der Waals surface area (Å²) in [5.41, 5.74) is 2.05. The van der Waals surface area contributed by atoms with Crippen LogP contribution in [-0.2, 0) is 4.74 Å². The second kappa shape index (κ2) is 7.74. The van der Waals surface area contributed by atoms with Gasteiger partial charge in [-0.2, -0.15) is 0 Å². The van der Waals surface area contributed by atoms with Crippen molar-refractivity contribution in [2.75, 3.05) is 0 Å². The monoisotopic (exact) mass is 358 g/mol. The van der Waals surface area contributed by atoms with Gasteiger partial charge in [-0.15, -0.1) is 0 Å². The number of cyclic esters (lactones) is 1. The van der Waals surface area contributed by atoms with E-state index in [9.17, 15) is 4.79 Å². The lowest BCUT2D eigenvalue weighted by molar-refractivity contribution is 0.142. The van der Waals surface area contributed by atoms with Crippen LogP contribution in [0.3, 0.4) is 0 Å². The maximum atomic E-state index is 12.0. The number of nitrogens with one attached hydrogen (secondary N) is 1. The molecule has 0 saturated carbocycles. The number of benzene rings is 3. The van der Waals surface area contributed by atoms with E-state index in [0.717, 1.165) is 11.1 Å². The van der Waals surface area contributed by atoms with E-state index < -0.39 is 12.2 Å². The highest BCUT2D eigenvalue weighted by Crippen LogP contribution is 2.32.